The number of anilines is 1. The van der Waals surface area contributed by atoms with Crippen LogP contribution in [0.15, 0.2) is 72.8 Å². The molecule has 0 atom stereocenters. The number of benzene rings is 3. The Kier molecular flexibility index (Phi) is 6.32. The van der Waals surface area contributed by atoms with Gasteiger partial charge < -0.3 is 9.84 Å². The maximum atomic E-state index is 12.4. The number of hydrogen-bond acceptors (Lipinski definition) is 5. The van der Waals surface area contributed by atoms with Crippen LogP contribution in [0.3, 0.4) is 0 Å². The van der Waals surface area contributed by atoms with Gasteiger partial charge >= 0.3 is 16.2 Å². The van der Waals surface area contributed by atoms with Gasteiger partial charge in [0.15, 0.2) is 0 Å². The maximum Gasteiger partial charge on any atom is 0.326 e. The van der Waals surface area contributed by atoms with E-state index in [-0.39, 0.29) is 25.3 Å². The summed E-state index contributed by atoms with van der Waals surface area (Å²) in [6.07, 6.45) is 0.348. The molecular weight excluding hydrogens is 444 g/mol. The van der Waals surface area contributed by atoms with Gasteiger partial charge in [-0.1, -0.05) is 60.7 Å². The summed E-state index contributed by atoms with van der Waals surface area (Å²) in [5.41, 5.74) is 3.53. The van der Waals surface area contributed by atoms with Gasteiger partial charge in [0.25, 0.3) is 5.91 Å². The van der Waals surface area contributed by atoms with Gasteiger partial charge in [-0.3, -0.25) is 9.59 Å². The summed E-state index contributed by atoms with van der Waals surface area (Å²) in [6.45, 7) is -0.118. The molecule has 0 aromatic heterocycles. The van der Waals surface area contributed by atoms with E-state index in [4.69, 9.17) is 4.74 Å². The summed E-state index contributed by atoms with van der Waals surface area (Å²) < 4.78 is 33.8. The Morgan fingerprint density at radius 1 is 0.970 bits per heavy atom. The lowest BCUT2D eigenvalue weighted by molar-refractivity contribution is -0.136. The summed E-state index contributed by atoms with van der Waals surface area (Å²) in [4.78, 5) is 23.0. The molecule has 1 fully saturated rings. The highest BCUT2D eigenvalue weighted by Gasteiger charge is 2.35. The molecule has 1 saturated heterocycles. The van der Waals surface area contributed by atoms with Gasteiger partial charge in [0.2, 0.25) is 0 Å². The Hall–Kier alpha value is -3.85. The Labute approximate surface area is 191 Å². The number of carboxylic acid groups (broad SMARTS) is 1. The Morgan fingerprint density at radius 3 is 2.33 bits per heavy atom. The smallest absolute Gasteiger partial charge is 0.326 e. The molecule has 33 heavy (non-hydrogen) atoms. The van der Waals surface area contributed by atoms with Crippen molar-refractivity contribution in [1.82, 2.24) is 4.72 Å². The third-order valence-corrected chi connectivity index (χ3v) is 6.60. The van der Waals surface area contributed by atoms with Crippen LogP contribution in [0.1, 0.15) is 22.3 Å². The normalized spacial score (nSPS) is 14.7. The van der Waals surface area contributed by atoms with Crippen LogP contribution < -0.4 is 13.8 Å². The zero-order chi connectivity index (χ0) is 23.4. The second-order valence-electron chi connectivity index (χ2n) is 7.63. The summed E-state index contributed by atoms with van der Waals surface area (Å²) in [6, 6.07) is 21.8. The molecule has 3 aromatic rings. The van der Waals surface area contributed by atoms with E-state index in [1.54, 1.807) is 30.3 Å². The Bertz CT molecular complexity index is 1290. The first-order chi connectivity index (χ1) is 15.8. The highest BCUT2D eigenvalue weighted by molar-refractivity contribution is 7.92. The van der Waals surface area contributed by atoms with Crippen LogP contribution in [-0.2, 0) is 39.2 Å². The van der Waals surface area contributed by atoms with Crippen molar-refractivity contribution in [2.45, 2.75) is 19.4 Å². The molecule has 0 bridgehead atoms. The number of hydrogen-bond donors (Lipinski definition) is 2. The second-order valence-corrected chi connectivity index (χ2v) is 9.22. The number of aliphatic carboxylic acids is 1. The standard InChI is InChI=1S/C24H22N2O6S/c27-23-15-26(33(30,31)25-23)21-11-10-18(12-19-8-4-5-9-20(19)14-24(28)29)13-22(21)32-16-17-6-2-1-3-7-17/h1-11,13H,12,14-16H2,(H,25,27)(H,28,29). The molecule has 0 aliphatic carbocycles. The topological polar surface area (TPSA) is 113 Å². The number of rotatable bonds is 8. The van der Waals surface area contributed by atoms with E-state index < -0.39 is 22.1 Å². The lowest BCUT2D eigenvalue weighted by Crippen LogP contribution is -2.29. The Morgan fingerprint density at radius 2 is 1.67 bits per heavy atom. The highest BCUT2D eigenvalue weighted by Crippen LogP contribution is 2.34. The van der Waals surface area contributed by atoms with Crippen LogP contribution in [0.5, 0.6) is 5.75 Å². The van der Waals surface area contributed by atoms with Crippen LogP contribution in [-0.4, -0.2) is 31.9 Å². The van der Waals surface area contributed by atoms with Crippen LogP contribution in [0, 0.1) is 0 Å². The van der Waals surface area contributed by atoms with Gasteiger partial charge in [0, 0.05) is 0 Å². The van der Waals surface area contributed by atoms with E-state index in [2.05, 4.69) is 0 Å². The molecule has 0 spiro atoms. The van der Waals surface area contributed by atoms with E-state index >= 15 is 0 Å². The summed E-state index contributed by atoms with van der Waals surface area (Å²) in [7, 11) is -4.00. The third-order valence-electron chi connectivity index (χ3n) is 5.20. The van der Waals surface area contributed by atoms with E-state index in [0.29, 0.717) is 17.7 Å². The first-order valence-corrected chi connectivity index (χ1v) is 11.7. The first kappa shape index (κ1) is 22.3. The summed E-state index contributed by atoms with van der Waals surface area (Å²) >= 11 is 0. The lowest BCUT2D eigenvalue weighted by Gasteiger charge is -2.20. The van der Waals surface area contributed by atoms with Crippen molar-refractivity contribution < 1.29 is 27.9 Å². The molecule has 1 aliphatic heterocycles. The number of amides is 1. The summed E-state index contributed by atoms with van der Waals surface area (Å²) in [5, 5.41) is 9.19. The number of carboxylic acids is 1. The van der Waals surface area contributed by atoms with Gasteiger partial charge in [-0.05, 0) is 40.8 Å². The minimum atomic E-state index is -4.00. The first-order valence-electron chi connectivity index (χ1n) is 10.2. The summed E-state index contributed by atoms with van der Waals surface area (Å²) in [5.74, 6) is -1.22. The van der Waals surface area contributed by atoms with Crippen molar-refractivity contribution in [2.75, 3.05) is 10.8 Å². The zero-order valence-electron chi connectivity index (χ0n) is 17.6. The van der Waals surface area contributed by atoms with Crippen LogP contribution in [0.25, 0.3) is 0 Å². The number of ether oxygens (including phenoxy) is 1. The van der Waals surface area contributed by atoms with Crippen LogP contribution >= 0.6 is 0 Å². The third kappa shape index (κ3) is 5.32. The van der Waals surface area contributed by atoms with Crippen LogP contribution in [0.4, 0.5) is 5.69 Å². The molecule has 0 unspecified atom stereocenters. The van der Waals surface area contributed by atoms with Crippen molar-refractivity contribution in [3.8, 4) is 5.75 Å². The number of nitrogens with zero attached hydrogens (tertiary/aromatic N) is 1. The minimum Gasteiger partial charge on any atom is -0.487 e. The van der Waals surface area contributed by atoms with Crippen LogP contribution in [0.2, 0.25) is 0 Å². The monoisotopic (exact) mass is 466 g/mol. The van der Waals surface area contributed by atoms with E-state index in [1.807, 2.05) is 47.2 Å². The molecule has 1 heterocycles. The molecule has 2 N–H and O–H groups in total. The number of carbonyl (C=O) groups is 2. The number of nitrogens with one attached hydrogen (secondary N) is 1. The molecule has 9 heteroatoms. The average molecular weight is 467 g/mol. The molecule has 4 rings (SSSR count). The van der Waals surface area contributed by atoms with Crippen molar-refractivity contribution >= 4 is 27.8 Å². The van der Waals surface area contributed by atoms with Crippen molar-refractivity contribution in [3.05, 3.63) is 95.1 Å². The van der Waals surface area contributed by atoms with Gasteiger partial charge in [0.1, 0.15) is 18.9 Å². The molecular formula is C24H22N2O6S. The molecule has 1 amide bonds. The molecule has 170 valence electrons. The minimum absolute atomic E-state index is 0.0918. The molecule has 3 aromatic carbocycles. The fraction of sp³-hybridized carbons (Fsp3) is 0.167. The van der Waals surface area contributed by atoms with E-state index in [0.717, 1.165) is 21.0 Å². The predicted octanol–water partition coefficient (Wildman–Crippen LogP) is 2.66. The van der Waals surface area contributed by atoms with Gasteiger partial charge in [-0.15, -0.1) is 0 Å². The average Bonchev–Trinajstić information content (AvgIpc) is 3.06. The zero-order valence-corrected chi connectivity index (χ0v) is 18.4. The van der Waals surface area contributed by atoms with Gasteiger partial charge in [-0.25, -0.2) is 9.03 Å². The molecule has 0 saturated carbocycles. The SMILES string of the molecule is O=C(O)Cc1ccccc1Cc1ccc(N2CC(=O)NS2(=O)=O)c(OCc2ccccc2)c1. The molecule has 8 nitrogen and oxygen atoms in total. The predicted molar refractivity (Wildman–Crippen MR) is 122 cm³/mol. The van der Waals surface area contributed by atoms with E-state index in [1.165, 1.54) is 0 Å². The number of carbonyl (C=O) groups excluding carboxylic acids is 1. The highest BCUT2D eigenvalue weighted by atomic mass is 32.2. The largest absolute Gasteiger partial charge is 0.487 e. The van der Waals surface area contributed by atoms with E-state index in [9.17, 15) is 23.1 Å². The Balaban J connectivity index is 1.67. The lowest BCUT2D eigenvalue weighted by atomic mass is 9.97. The second kappa shape index (κ2) is 9.33. The fourth-order valence-corrected chi connectivity index (χ4v) is 4.83. The van der Waals surface area contributed by atoms with Crippen molar-refractivity contribution in [1.29, 1.82) is 0 Å². The van der Waals surface area contributed by atoms with Gasteiger partial charge in [0.05, 0.1) is 12.1 Å². The maximum absolute atomic E-state index is 12.4. The molecule has 0 radical (unpaired) electrons. The fourth-order valence-electron chi connectivity index (χ4n) is 3.67. The van der Waals surface area contributed by atoms with Crippen molar-refractivity contribution in [2.24, 2.45) is 0 Å². The van der Waals surface area contributed by atoms with Gasteiger partial charge in [-0.2, -0.15) is 8.42 Å². The van der Waals surface area contributed by atoms with Crippen molar-refractivity contribution in [3.63, 3.8) is 0 Å². The quantitative estimate of drug-likeness (QED) is 0.528. The molecule has 1 aliphatic rings.